The first-order valence-corrected chi connectivity index (χ1v) is 8.61. The van der Waals surface area contributed by atoms with Gasteiger partial charge in [0.25, 0.3) is 0 Å². The van der Waals surface area contributed by atoms with E-state index in [9.17, 15) is 0 Å². The van der Waals surface area contributed by atoms with Crippen LogP contribution in [-0.4, -0.2) is 9.97 Å². The van der Waals surface area contributed by atoms with Gasteiger partial charge < -0.3 is 5.73 Å². The van der Waals surface area contributed by atoms with Gasteiger partial charge in [-0.05, 0) is 61.1 Å². The summed E-state index contributed by atoms with van der Waals surface area (Å²) < 4.78 is 0. The Morgan fingerprint density at radius 2 is 1.76 bits per heavy atom. The molecule has 2 aromatic carbocycles. The minimum atomic E-state index is 0.499. The van der Waals surface area contributed by atoms with Crippen molar-refractivity contribution in [2.24, 2.45) is 0 Å². The number of benzene rings is 2. The zero-order chi connectivity index (χ0) is 17.4. The molecule has 0 saturated carbocycles. The summed E-state index contributed by atoms with van der Waals surface area (Å²) in [6.07, 6.45) is 3.90. The van der Waals surface area contributed by atoms with Gasteiger partial charge in [0.15, 0.2) is 5.82 Å². The Hall–Kier alpha value is -2.94. The molecule has 2 N–H and O–H groups in total. The van der Waals surface area contributed by atoms with Crippen LogP contribution in [0.2, 0.25) is 0 Å². The number of pyridine rings is 2. The van der Waals surface area contributed by atoms with Crippen molar-refractivity contribution in [1.82, 2.24) is 9.97 Å². The molecule has 124 valence electrons. The van der Waals surface area contributed by atoms with Crippen molar-refractivity contribution in [3.8, 4) is 0 Å². The van der Waals surface area contributed by atoms with Gasteiger partial charge in [0, 0.05) is 17.0 Å². The van der Waals surface area contributed by atoms with Crippen LogP contribution in [0, 0.1) is 13.8 Å². The maximum Gasteiger partial charge on any atom is 0.150 e. The Morgan fingerprint density at radius 3 is 2.60 bits per heavy atom. The average Bonchev–Trinajstić information content (AvgIpc) is 2.61. The van der Waals surface area contributed by atoms with Crippen molar-refractivity contribution in [2.45, 2.75) is 26.7 Å². The SMILES string of the molecule is Cc1ccc2c(c1)nc(N)c1ncc(CCc3ccccc3C)cc12. The zero-order valence-electron chi connectivity index (χ0n) is 14.6. The van der Waals surface area contributed by atoms with E-state index in [-0.39, 0.29) is 0 Å². The van der Waals surface area contributed by atoms with E-state index in [4.69, 9.17) is 5.73 Å². The lowest BCUT2D eigenvalue weighted by atomic mass is 10.00. The summed E-state index contributed by atoms with van der Waals surface area (Å²) in [6, 6.07) is 17.1. The van der Waals surface area contributed by atoms with Crippen LogP contribution in [-0.2, 0) is 12.8 Å². The molecule has 2 aromatic heterocycles. The normalized spacial score (nSPS) is 11.3. The Labute approximate surface area is 147 Å². The summed E-state index contributed by atoms with van der Waals surface area (Å²) in [7, 11) is 0. The second-order valence-electron chi connectivity index (χ2n) is 6.68. The number of nitrogen functional groups attached to an aromatic ring is 1. The summed E-state index contributed by atoms with van der Waals surface area (Å²) in [4.78, 5) is 9.12. The first kappa shape index (κ1) is 15.6. The number of rotatable bonds is 3. The number of nitrogens with zero attached hydrogens (tertiary/aromatic N) is 2. The summed E-state index contributed by atoms with van der Waals surface area (Å²) in [5.74, 6) is 0.499. The lowest BCUT2D eigenvalue weighted by Crippen LogP contribution is -1.98. The van der Waals surface area contributed by atoms with Gasteiger partial charge in [0.1, 0.15) is 5.52 Å². The van der Waals surface area contributed by atoms with E-state index in [2.05, 4.69) is 72.3 Å². The van der Waals surface area contributed by atoms with Gasteiger partial charge in [0.05, 0.1) is 5.52 Å². The van der Waals surface area contributed by atoms with Crippen molar-refractivity contribution < 1.29 is 0 Å². The molecule has 0 spiro atoms. The number of anilines is 1. The smallest absolute Gasteiger partial charge is 0.150 e. The standard InChI is InChI=1S/C22H21N3/c1-14-7-10-18-19-12-16(8-9-17-6-4-3-5-15(17)2)13-24-21(19)22(23)25-20(18)11-14/h3-7,10-13H,8-9H2,1-2H3,(H2,23,25). The molecule has 4 aromatic rings. The van der Waals surface area contributed by atoms with Crippen LogP contribution in [0.25, 0.3) is 21.8 Å². The van der Waals surface area contributed by atoms with E-state index in [1.165, 1.54) is 22.3 Å². The lowest BCUT2D eigenvalue weighted by molar-refractivity contribution is 0.944. The van der Waals surface area contributed by atoms with Gasteiger partial charge in [-0.3, -0.25) is 4.98 Å². The molecular formula is C22H21N3. The fraction of sp³-hybridized carbons (Fsp3) is 0.182. The van der Waals surface area contributed by atoms with Crippen LogP contribution in [0.4, 0.5) is 5.82 Å². The highest BCUT2D eigenvalue weighted by Gasteiger charge is 2.09. The number of aromatic nitrogens is 2. The number of hydrogen-bond donors (Lipinski definition) is 1. The van der Waals surface area contributed by atoms with Crippen molar-refractivity contribution in [2.75, 3.05) is 5.73 Å². The largest absolute Gasteiger partial charge is 0.382 e. The molecule has 3 nitrogen and oxygen atoms in total. The van der Waals surface area contributed by atoms with E-state index in [1.807, 2.05) is 6.20 Å². The second kappa shape index (κ2) is 6.17. The van der Waals surface area contributed by atoms with Gasteiger partial charge in [-0.1, -0.05) is 36.4 Å². The molecule has 0 atom stereocenters. The molecule has 0 aliphatic rings. The Balaban J connectivity index is 1.76. The molecule has 0 aliphatic heterocycles. The van der Waals surface area contributed by atoms with Crippen molar-refractivity contribution in [1.29, 1.82) is 0 Å². The Bertz CT molecular complexity index is 1080. The van der Waals surface area contributed by atoms with Crippen molar-refractivity contribution >= 4 is 27.6 Å². The fourth-order valence-corrected chi connectivity index (χ4v) is 3.37. The van der Waals surface area contributed by atoms with Crippen LogP contribution in [0.3, 0.4) is 0 Å². The first-order valence-electron chi connectivity index (χ1n) is 8.61. The molecule has 25 heavy (non-hydrogen) atoms. The molecule has 0 fully saturated rings. The fourth-order valence-electron chi connectivity index (χ4n) is 3.37. The van der Waals surface area contributed by atoms with Gasteiger partial charge in [-0.25, -0.2) is 4.98 Å². The third kappa shape index (κ3) is 2.93. The maximum atomic E-state index is 6.13. The molecule has 0 amide bonds. The zero-order valence-corrected chi connectivity index (χ0v) is 14.6. The van der Waals surface area contributed by atoms with Gasteiger partial charge in [-0.2, -0.15) is 0 Å². The van der Waals surface area contributed by atoms with E-state index >= 15 is 0 Å². The van der Waals surface area contributed by atoms with E-state index in [0.29, 0.717) is 5.82 Å². The number of fused-ring (bicyclic) bond motifs is 3. The molecule has 3 heteroatoms. The average molecular weight is 327 g/mol. The van der Waals surface area contributed by atoms with E-state index < -0.39 is 0 Å². The van der Waals surface area contributed by atoms with Gasteiger partial charge in [0.2, 0.25) is 0 Å². The minimum Gasteiger partial charge on any atom is -0.382 e. The van der Waals surface area contributed by atoms with Crippen molar-refractivity contribution in [3.05, 3.63) is 77.0 Å². The number of nitrogens with two attached hydrogens (primary N) is 1. The van der Waals surface area contributed by atoms with Crippen LogP contribution in [0.1, 0.15) is 22.3 Å². The monoisotopic (exact) mass is 327 g/mol. The molecular weight excluding hydrogens is 306 g/mol. The van der Waals surface area contributed by atoms with E-state index in [0.717, 1.165) is 34.6 Å². The quantitative estimate of drug-likeness (QED) is 0.552. The molecule has 0 unspecified atom stereocenters. The third-order valence-corrected chi connectivity index (χ3v) is 4.82. The molecule has 2 heterocycles. The molecule has 0 radical (unpaired) electrons. The highest BCUT2D eigenvalue weighted by atomic mass is 14.9. The number of aryl methyl sites for hydroxylation is 4. The van der Waals surface area contributed by atoms with Crippen LogP contribution in [0.5, 0.6) is 0 Å². The Morgan fingerprint density at radius 1 is 0.920 bits per heavy atom. The number of hydrogen-bond acceptors (Lipinski definition) is 3. The first-order chi connectivity index (χ1) is 12.1. The third-order valence-electron chi connectivity index (χ3n) is 4.82. The maximum absolute atomic E-state index is 6.13. The predicted octanol–water partition coefficient (Wildman–Crippen LogP) is 4.77. The second-order valence-corrected chi connectivity index (χ2v) is 6.68. The summed E-state index contributed by atoms with van der Waals surface area (Å²) in [5, 5.41) is 2.20. The van der Waals surface area contributed by atoms with Gasteiger partial charge >= 0.3 is 0 Å². The van der Waals surface area contributed by atoms with E-state index in [1.54, 1.807) is 0 Å². The predicted molar refractivity (Wildman–Crippen MR) is 105 cm³/mol. The summed E-state index contributed by atoms with van der Waals surface area (Å²) in [6.45, 7) is 4.23. The van der Waals surface area contributed by atoms with Gasteiger partial charge in [-0.15, -0.1) is 0 Å². The molecule has 0 bridgehead atoms. The highest BCUT2D eigenvalue weighted by molar-refractivity contribution is 6.08. The summed E-state index contributed by atoms with van der Waals surface area (Å²) >= 11 is 0. The summed E-state index contributed by atoms with van der Waals surface area (Å²) in [5.41, 5.74) is 13.0. The molecule has 0 saturated heterocycles. The van der Waals surface area contributed by atoms with Crippen LogP contribution >= 0.6 is 0 Å². The minimum absolute atomic E-state index is 0.499. The van der Waals surface area contributed by atoms with Crippen LogP contribution < -0.4 is 5.73 Å². The lowest BCUT2D eigenvalue weighted by Gasteiger charge is -2.09. The Kier molecular flexibility index (Phi) is 3.85. The molecule has 0 aliphatic carbocycles. The van der Waals surface area contributed by atoms with Crippen molar-refractivity contribution in [3.63, 3.8) is 0 Å². The van der Waals surface area contributed by atoms with Crippen LogP contribution in [0.15, 0.2) is 54.7 Å². The highest BCUT2D eigenvalue weighted by Crippen LogP contribution is 2.28. The molecule has 4 rings (SSSR count). The topological polar surface area (TPSA) is 51.8 Å².